The average molecular weight is 388 g/mol. The second-order valence-corrected chi connectivity index (χ2v) is 9.42. The smallest absolute Gasteiger partial charge is 0.398 e. The maximum atomic E-state index is 15.2. The van der Waals surface area contributed by atoms with Gasteiger partial charge in [-0.2, -0.15) is 5.10 Å². The first kappa shape index (κ1) is 18.9. The molecule has 0 aromatic carbocycles. The van der Waals surface area contributed by atoms with Gasteiger partial charge in [-0.3, -0.25) is 5.10 Å². The molecule has 144 valence electrons. The van der Waals surface area contributed by atoms with Crippen molar-refractivity contribution >= 4 is 24.5 Å². The molecule has 2 aliphatic rings. The largest absolute Gasteiger partial charge is 0.525 e. The quantitative estimate of drug-likeness (QED) is 0.680. The van der Waals surface area contributed by atoms with Crippen molar-refractivity contribution in [3.8, 4) is 10.6 Å². The van der Waals surface area contributed by atoms with Gasteiger partial charge in [0.25, 0.3) is 0 Å². The molecule has 0 bridgehead atoms. The molecule has 1 aliphatic heterocycles. The lowest BCUT2D eigenvalue weighted by molar-refractivity contribution is 0.00578. The van der Waals surface area contributed by atoms with E-state index in [1.807, 2.05) is 45.2 Å². The fourth-order valence-corrected chi connectivity index (χ4v) is 4.53. The average Bonchev–Trinajstić information content (AvgIpc) is 3.35. The summed E-state index contributed by atoms with van der Waals surface area (Å²) in [6.45, 7) is 7.72. The number of hydrogen-bond acceptors (Lipinski definition) is 4. The van der Waals surface area contributed by atoms with Gasteiger partial charge in [0.2, 0.25) is 0 Å². The minimum Gasteiger partial charge on any atom is -0.398 e. The van der Waals surface area contributed by atoms with Crippen LogP contribution in [0.3, 0.4) is 0 Å². The van der Waals surface area contributed by atoms with Crippen molar-refractivity contribution in [2.45, 2.75) is 70.5 Å². The Bertz CT molecular complexity index is 822. The highest BCUT2D eigenvalue weighted by molar-refractivity contribution is 7.13. The van der Waals surface area contributed by atoms with Gasteiger partial charge >= 0.3 is 7.12 Å². The van der Waals surface area contributed by atoms with Crippen LogP contribution in [0.15, 0.2) is 23.2 Å². The summed E-state index contributed by atoms with van der Waals surface area (Å²) in [5.74, 6) is 0.406. The van der Waals surface area contributed by atoms with Gasteiger partial charge in [0, 0.05) is 17.2 Å². The van der Waals surface area contributed by atoms with Crippen LogP contribution in [0.4, 0.5) is 4.39 Å². The highest BCUT2D eigenvalue weighted by Gasteiger charge is 2.53. The number of nitrogens with one attached hydrogen (secondary N) is 1. The third kappa shape index (κ3) is 3.41. The first-order valence-electron chi connectivity index (χ1n) is 9.63. The molecule has 7 heteroatoms. The molecule has 0 unspecified atom stereocenters. The van der Waals surface area contributed by atoms with Gasteiger partial charge in [-0.25, -0.2) is 4.39 Å². The van der Waals surface area contributed by atoms with E-state index in [0.717, 1.165) is 34.7 Å². The predicted molar refractivity (Wildman–Crippen MR) is 108 cm³/mol. The van der Waals surface area contributed by atoms with Crippen LogP contribution in [0.1, 0.15) is 70.6 Å². The normalized spacial score (nSPS) is 22.7. The van der Waals surface area contributed by atoms with E-state index in [1.54, 1.807) is 17.4 Å². The number of hydrogen-bond donors (Lipinski definition) is 1. The first-order valence-corrected chi connectivity index (χ1v) is 10.5. The molecule has 2 aromatic rings. The monoisotopic (exact) mass is 388 g/mol. The molecular formula is C20H26BFN2O2S. The number of H-pyrrole nitrogens is 1. The number of halogens is 1. The molecule has 2 aromatic heterocycles. The van der Waals surface area contributed by atoms with Crippen LogP contribution < -0.4 is 0 Å². The third-order valence-corrected chi connectivity index (χ3v) is 6.99. The summed E-state index contributed by atoms with van der Waals surface area (Å²) in [5, 5.41) is 9.74. The zero-order valence-corrected chi connectivity index (χ0v) is 17.2. The Morgan fingerprint density at radius 3 is 2.52 bits per heavy atom. The zero-order chi connectivity index (χ0) is 19.2. The molecule has 0 atom stereocenters. The van der Waals surface area contributed by atoms with Crippen molar-refractivity contribution in [3.63, 3.8) is 0 Å². The summed E-state index contributed by atoms with van der Waals surface area (Å²) in [5.41, 5.74) is 1.12. The lowest BCUT2D eigenvalue weighted by atomic mass is 9.85. The van der Waals surface area contributed by atoms with Crippen LogP contribution in [0, 0.1) is 0 Å². The van der Waals surface area contributed by atoms with Gasteiger partial charge in [-0.05, 0) is 58.1 Å². The van der Waals surface area contributed by atoms with Gasteiger partial charge in [-0.15, -0.1) is 11.3 Å². The summed E-state index contributed by atoms with van der Waals surface area (Å²) in [7, 11) is -0.988. The lowest BCUT2D eigenvalue weighted by Crippen LogP contribution is -2.41. The van der Waals surface area contributed by atoms with Crippen molar-refractivity contribution in [1.82, 2.24) is 10.2 Å². The van der Waals surface area contributed by atoms with E-state index < -0.39 is 24.0 Å². The van der Waals surface area contributed by atoms with Crippen LogP contribution in [0.5, 0.6) is 0 Å². The highest BCUT2D eigenvalue weighted by atomic mass is 32.1. The van der Waals surface area contributed by atoms with Crippen LogP contribution in [-0.2, 0) is 9.31 Å². The van der Waals surface area contributed by atoms with Gasteiger partial charge in [0.05, 0.1) is 16.1 Å². The zero-order valence-electron chi connectivity index (χ0n) is 16.3. The van der Waals surface area contributed by atoms with Gasteiger partial charge in [0.15, 0.2) is 0 Å². The second-order valence-electron chi connectivity index (χ2n) is 8.48. The Kier molecular flexibility index (Phi) is 4.81. The SMILES string of the molecule is CC1(C)OB(C(F)=Cc2c(-c3cccs3)n[nH]c2C2CCCC2)OC1(C)C. The fourth-order valence-electron chi connectivity index (χ4n) is 3.80. The number of rotatable bonds is 4. The summed E-state index contributed by atoms with van der Waals surface area (Å²) in [6.07, 6.45) is 6.21. The van der Waals surface area contributed by atoms with E-state index in [4.69, 9.17) is 9.31 Å². The van der Waals surface area contributed by atoms with Crippen LogP contribution in [0.25, 0.3) is 16.6 Å². The van der Waals surface area contributed by atoms with Gasteiger partial charge < -0.3 is 9.31 Å². The lowest BCUT2D eigenvalue weighted by Gasteiger charge is -2.32. The Balaban J connectivity index is 1.71. The molecule has 0 amide bonds. The van der Waals surface area contributed by atoms with Crippen LogP contribution in [-0.4, -0.2) is 28.5 Å². The van der Waals surface area contributed by atoms with Crippen molar-refractivity contribution < 1.29 is 13.7 Å². The Hall–Kier alpha value is -1.44. The van der Waals surface area contributed by atoms with Crippen LogP contribution >= 0.6 is 11.3 Å². The summed E-state index contributed by atoms with van der Waals surface area (Å²) in [6, 6.07) is 4.01. The molecule has 0 spiro atoms. The number of aromatic nitrogens is 2. The first-order chi connectivity index (χ1) is 12.8. The van der Waals surface area contributed by atoms with Crippen molar-refractivity contribution in [3.05, 3.63) is 34.5 Å². The van der Waals surface area contributed by atoms with E-state index in [0.29, 0.717) is 5.92 Å². The third-order valence-electron chi connectivity index (χ3n) is 6.11. The minimum atomic E-state index is -0.988. The van der Waals surface area contributed by atoms with E-state index in [1.165, 1.54) is 12.8 Å². The van der Waals surface area contributed by atoms with E-state index in [2.05, 4.69) is 10.2 Å². The Labute approximate surface area is 164 Å². The summed E-state index contributed by atoms with van der Waals surface area (Å²) < 4.78 is 27.0. The van der Waals surface area contributed by atoms with Crippen molar-refractivity contribution in [2.75, 3.05) is 0 Å². The highest BCUT2D eigenvalue weighted by Crippen LogP contribution is 2.42. The summed E-state index contributed by atoms with van der Waals surface area (Å²) >= 11 is 1.61. The van der Waals surface area contributed by atoms with E-state index in [9.17, 15) is 0 Å². The molecule has 1 saturated heterocycles. The van der Waals surface area contributed by atoms with Gasteiger partial charge in [-0.1, -0.05) is 18.9 Å². The molecule has 4 rings (SSSR count). The van der Waals surface area contributed by atoms with Crippen molar-refractivity contribution in [2.24, 2.45) is 0 Å². The van der Waals surface area contributed by atoms with E-state index >= 15 is 4.39 Å². The van der Waals surface area contributed by atoms with Gasteiger partial charge in [0.1, 0.15) is 11.4 Å². The maximum Gasteiger partial charge on any atom is 0.525 e. The molecule has 1 aliphatic carbocycles. The van der Waals surface area contributed by atoms with Crippen LogP contribution in [0.2, 0.25) is 0 Å². The van der Waals surface area contributed by atoms with Crippen molar-refractivity contribution in [1.29, 1.82) is 0 Å². The number of aromatic amines is 1. The Morgan fingerprint density at radius 2 is 1.93 bits per heavy atom. The second kappa shape index (κ2) is 6.87. The predicted octanol–water partition coefficient (Wildman–Crippen LogP) is 5.74. The molecular weight excluding hydrogens is 362 g/mol. The number of nitrogens with zero attached hydrogens (tertiary/aromatic N) is 1. The fraction of sp³-hybridized carbons (Fsp3) is 0.550. The minimum absolute atomic E-state index is 0.406. The molecule has 1 saturated carbocycles. The molecule has 1 N–H and O–H groups in total. The molecule has 2 fully saturated rings. The standard InChI is InChI=1S/C20H26BFN2O2S/c1-19(2)20(3,4)26-21(25-19)16(22)12-14-17(13-8-5-6-9-13)23-24-18(14)15-10-7-11-27-15/h7,10-13H,5-6,8-9H2,1-4H3,(H,23,24). The number of thiophene rings is 1. The topological polar surface area (TPSA) is 47.1 Å². The maximum absolute atomic E-state index is 15.2. The molecule has 27 heavy (non-hydrogen) atoms. The Morgan fingerprint density at radius 1 is 1.26 bits per heavy atom. The molecule has 4 nitrogen and oxygen atoms in total. The molecule has 3 heterocycles. The van der Waals surface area contributed by atoms with E-state index in [-0.39, 0.29) is 0 Å². The summed E-state index contributed by atoms with van der Waals surface area (Å²) in [4.78, 5) is 1.03. The molecule has 0 radical (unpaired) electrons.